The Kier molecular flexibility index (Phi) is 6.67. The van der Waals surface area contributed by atoms with E-state index in [9.17, 15) is 0 Å². The van der Waals surface area contributed by atoms with Crippen LogP contribution in [0.4, 0.5) is 0 Å². The number of oxazole rings is 1. The van der Waals surface area contributed by atoms with Crippen LogP contribution >= 0.6 is 0 Å². The van der Waals surface area contributed by atoms with E-state index in [4.69, 9.17) is 15.2 Å². The summed E-state index contributed by atoms with van der Waals surface area (Å²) in [4.78, 5) is 4.65. The van der Waals surface area contributed by atoms with Crippen LogP contribution in [-0.2, 0) is 0 Å². The second-order valence-electron chi connectivity index (χ2n) is 10.2. The largest absolute Gasteiger partial charge is 0.440 e. The quantitative estimate of drug-likeness (QED) is 0.206. The molecule has 1 aromatic heterocycles. The molecule has 194 valence electrons. The molecule has 0 bridgehead atoms. The first kappa shape index (κ1) is 25.2. The van der Waals surface area contributed by atoms with Gasteiger partial charge in [0.2, 0.25) is 0 Å². The zero-order valence-corrected chi connectivity index (χ0v) is 22.5. The lowest BCUT2D eigenvalue weighted by Crippen LogP contribution is -2.01. The van der Waals surface area contributed by atoms with Gasteiger partial charge in [-0.25, -0.2) is 4.98 Å². The predicted molar refractivity (Wildman–Crippen MR) is 166 cm³/mol. The van der Waals surface area contributed by atoms with E-state index in [-0.39, 0.29) is 5.92 Å². The van der Waals surface area contributed by atoms with Gasteiger partial charge in [-0.3, -0.25) is 0 Å². The highest BCUT2D eigenvalue weighted by Crippen LogP contribution is 2.40. The van der Waals surface area contributed by atoms with E-state index in [1.165, 1.54) is 0 Å². The molecule has 0 radical (unpaired) electrons. The van der Waals surface area contributed by atoms with Gasteiger partial charge in [-0.2, -0.15) is 0 Å². The second-order valence-corrected chi connectivity index (χ2v) is 10.2. The van der Waals surface area contributed by atoms with Crippen molar-refractivity contribution < 1.29 is 4.42 Å². The minimum Gasteiger partial charge on any atom is -0.440 e. The van der Waals surface area contributed by atoms with Gasteiger partial charge in [0, 0.05) is 11.5 Å². The van der Waals surface area contributed by atoms with Gasteiger partial charge in [0.25, 0.3) is 0 Å². The van der Waals surface area contributed by atoms with Crippen molar-refractivity contribution in [3.8, 4) is 22.3 Å². The number of allylic oxidation sites excluding steroid dienone is 2. The molecule has 1 heterocycles. The van der Waals surface area contributed by atoms with Gasteiger partial charge in [-0.05, 0) is 62.9 Å². The first-order chi connectivity index (χ1) is 19.5. The number of hydrogen-bond donors (Lipinski definition) is 2. The highest BCUT2D eigenvalue weighted by Gasteiger charge is 2.18. The molecule has 0 fully saturated rings. The maximum absolute atomic E-state index is 9.00. The van der Waals surface area contributed by atoms with E-state index in [1.54, 1.807) is 12.2 Å². The molecule has 0 saturated heterocycles. The summed E-state index contributed by atoms with van der Waals surface area (Å²) in [5.74, 6) is 0.943. The third-order valence-electron chi connectivity index (χ3n) is 7.13. The Morgan fingerprint density at radius 1 is 0.725 bits per heavy atom. The van der Waals surface area contributed by atoms with E-state index in [0.29, 0.717) is 11.4 Å². The van der Waals surface area contributed by atoms with Gasteiger partial charge in [-0.1, -0.05) is 111 Å². The highest BCUT2D eigenvalue weighted by molar-refractivity contribution is 6.18. The summed E-state index contributed by atoms with van der Waals surface area (Å²) in [6.07, 6.45) is 3.41. The topological polar surface area (TPSA) is 73.7 Å². The molecule has 0 amide bonds. The van der Waals surface area contributed by atoms with E-state index >= 15 is 0 Å². The minimum atomic E-state index is 0.210. The van der Waals surface area contributed by atoms with Crippen LogP contribution in [0.25, 0.3) is 44.1 Å². The monoisotopic (exact) mass is 519 g/mol. The molecular weight excluding hydrogens is 490 g/mol. The standard InChI is InChI=1S/C36H29N3O/c1-23(2)36-39-33-21-17-26(22-34(33)40-36)28-18-16-24-10-6-7-13-27(24)35(28)30-15-9-8-14-29(30)32(38)20-19-31(37)25-11-4-3-5-12-25/h3-23,37-38H,1-2H3/b20-19-,37-31?,38-32?. The number of nitrogens with one attached hydrogen (secondary N) is 2. The molecule has 0 aliphatic carbocycles. The summed E-state index contributed by atoms with van der Waals surface area (Å²) in [6, 6.07) is 36.4. The van der Waals surface area contributed by atoms with Crippen molar-refractivity contribution in [1.29, 1.82) is 10.8 Å². The van der Waals surface area contributed by atoms with Crippen LogP contribution in [0.5, 0.6) is 0 Å². The number of fused-ring (bicyclic) bond motifs is 2. The maximum Gasteiger partial charge on any atom is 0.198 e. The Balaban J connectivity index is 1.49. The van der Waals surface area contributed by atoms with Gasteiger partial charge >= 0.3 is 0 Å². The molecular formula is C36H29N3O. The lowest BCUT2D eigenvalue weighted by Gasteiger charge is -2.17. The van der Waals surface area contributed by atoms with Gasteiger partial charge in [0.05, 0.1) is 11.4 Å². The summed E-state index contributed by atoms with van der Waals surface area (Å²) in [5.41, 5.74) is 8.08. The number of hydrogen-bond acceptors (Lipinski definition) is 4. The van der Waals surface area contributed by atoms with E-state index < -0.39 is 0 Å². The van der Waals surface area contributed by atoms with E-state index in [0.717, 1.165) is 61.1 Å². The molecule has 6 rings (SSSR count). The molecule has 0 spiro atoms. The molecule has 6 aromatic rings. The predicted octanol–water partition coefficient (Wildman–Crippen LogP) is 9.43. The lowest BCUT2D eigenvalue weighted by atomic mass is 9.86. The van der Waals surface area contributed by atoms with Gasteiger partial charge < -0.3 is 15.2 Å². The zero-order chi connectivity index (χ0) is 27.6. The molecule has 4 heteroatoms. The average molecular weight is 520 g/mol. The Labute approximate surface area is 233 Å². The number of rotatable bonds is 7. The Bertz CT molecular complexity index is 1910. The number of aromatic nitrogens is 1. The van der Waals surface area contributed by atoms with Crippen LogP contribution in [0.3, 0.4) is 0 Å². The molecule has 0 aliphatic rings. The smallest absolute Gasteiger partial charge is 0.198 e. The summed E-state index contributed by atoms with van der Waals surface area (Å²) in [5, 5.41) is 19.7. The molecule has 5 aromatic carbocycles. The number of benzene rings is 5. The molecule has 0 atom stereocenters. The van der Waals surface area contributed by atoms with Gasteiger partial charge in [0.15, 0.2) is 11.5 Å². The Hall–Kier alpha value is -5.09. The van der Waals surface area contributed by atoms with Gasteiger partial charge in [-0.15, -0.1) is 0 Å². The minimum absolute atomic E-state index is 0.210. The van der Waals surface area contributed by atoms with Crippen molar-refractivity contribution in [2.24, 2.45) is 0 Å². The maximum atomic E-state index is 9.00. The van der Waals surface area contributed by atoms with Crippen LogP contribution in [0, 0.1) is 10.8 Å². The van der Waals surface area contributed by atoms with Crippen LogP contribution in [-0.4, -0.2) is 16.4 Å². The summed E-state index contributed by atoms with van der Waals surface area (Å²) >= 11 is 0. The van der Waals surface area contributed by atoms with Crippen molar-refractivity contribution in [1.82, 2.24) is 4.98 Å². The molecule has 0 aliphatic heterocycles. The summed E-state index contributed by atoms with van der Waals surface area (Å²) in [6.45, 7) is 4.16. The van der Waals surface area contributed by atoms with Crippen LogP contribution in [0.15, 0.2) is 126 Å². The van der Waals surface area contributed by atoms with Crippen molar-refractivity contribution in [3.63, 3.8) is 0 Å². The normalized spacial score (nSPS) is 11.6. The number of nitrogens with zero attached hydrogens (tertiary/aromatic N) is 1. The fraction of sp³-hybridized carbons (Fsp3) is 0.0833. The van der Waals surface area contributed by atoms with Crippen molar-refractivity contribution in [2.75, 3.05) is 0 Å². The van der Waals surface area contributed by atoms with Crippen molar-refractivity contribution in [3.05, 3.63) is 138 Å². The molecule has 0 unspecified atom stereocenters. The summed E-state index contributed by atoms with van der Waals surface area (Å²) < 4.78 is 6.10. The van der Waals surface area contributed by atoms with Crippen molar-refractivity contribution >= 4 is 33.3 Å². The fourth-order valence-corrected chi connectivity index (χ4v) is 5.07. The average Bonchev–Trinajstić information content (AvgIpc) is 3.44. The zero-order valence-electron chi connectivity index (χ0n) is 22.5. The second kappa shape index (κ2) is 10.6. The first-order valence-corrected chi connectivity index (χ1v) is 13.4. The first-order valence-electron chi connectivity index (χ1n) is 13.4. The third kappa shape index (κ3) is 4.76. The molecule has 4 nitrogen and oxygen atoms in total. The van der Waals surface area contributed by atoms with Crippen molar-refractivity contribution in [2.45, 2.75) is 19.8 Å². The van der Waals surface area contributed by atoms with Crippen LogP contribution < -0.4 is 0 Å². The Morgan fingerprint density at radius 3 is 2.27 bits per heavy atom. The van der Waals surface area contributed by atoms with Gasteiger partial charge in [0.1, 0.15) is 5.52 Å². The lowest BCUT2D eigenvalue weighted by molar-refractivity contribution is 0.501. The Morgan fingerprint density at radius 2 is 1.45 bits per heavy atom. The van der Waals surface area contributed by atoms with E-state index in [1.807, 2.05) is 60.7 Å². The van der Waals surface area contributed by atoms with Crippen LogP contribution in [0.2, 0.25) is 0 Å². The molecule has 40 heavy (non-hydrogen) atoms. The van der Waals surface area contributed by atoms with E-state index in [2.05, 4.69) is 67.4 Å². The molecule has 2 N–H and O–H groups in total. The SMILES string of the molecule is CC(C)c1nc2ccc(-c3ccc4ccccc4c3-c3ccccc3C(=N)/C=C\C(=N)c3ccccc3)cc2o1. The fourth-order valence-electron chi connectivity index (χ4n) is 5.07. The van der Waals surface area contributed by atoms with Crippen LogP contribution in [0.1, 0.15) is 36.8 Å². The third-order valence-corrected chi connectivity index (χ3v) is 7.13. The molecule has 0 saturated carbocycles. The highest BCUT2D eigenvalue weighted by atomic mass is 16.3. The summed E-state index contributed by atoms with van der Waals surface area (Å²) in [7, 11) is 0.